The summed E-state index contributed by atoms with van der Waals surface area (Å²) in [5.74, 6) is 0.320. The van der Waals surface area contributed by atoms with E-state index in [1.54, 1.807) is 0 Å². The molecule has 0 saturated heterocycles. The van der Waals surface area contributed by atoms with Crippen LogP contribution in [-0.2, 0) is 6.42 Å². The van der Waals surface area contributed by atoms with Gasteiger partial charge in [0.05, 0.1) is 11.1 Å². The van der Waals surface area contributed by atoms with E-state index in [1.807, 2.05) is 0 Å². The smallest absolute Gasteiger partial charge is 0.262 e. The molecule has 0 spiro atoms. The van der Waals surface area contributed by atoms with E-state index in [-0.39, 0.29) is 23.2 Å². The highest BCUT2D eigenvalue weighted by atomic mass is 16.1. The molecule has 118 valence electrons. The molecule has 1 atom stereocenters. The normalized spacial score (nSPS) is 20.7. The van der Waals surface area contributed by atoms with E-state index in [9.17, 15) is 9.59 Å². The van der Waals surface area contributed by atoms with Crippen molar-refractivity contribution in [1.29, 1.82) is 0 Å². The van der Waals surface area contributed by atoms with Gasteiger partial charge in [0.25, 0.3) is 5.56 Å². The predicted octanol–water partition coefficient (Wildman–Crippen LogP) is 2.24. The van der Waals surface area contributed by atoms with Crippen molar-refractivity contribution in [3.05, 3.63) is 39.3 Å². The zero-order valence-electron chi connectivity index (χ0n) is 12.8. The van der Waals surface area contributed by atoms with Crippen molar-refractivity contribution in [2.45, 2.75) is 44.4 Å². The van der Waals surface area contributed by atoms with Crippen LogP contribution < -0.4 is 11.3 Å². The number of aromatic amines is 1. The second-order valence-corrected chi connectivity index (χ2v) is 6.26. The van der Waals surface area contributed by atoms with E-state index in [2.05, 4.69) is 27.1 Å². The van der Waals surface area contributed by atoms with Crippen molar-refractivity contribution in [2.24, 2.45) is 0 Å². The van der Waals surface area contributed by atoms with Crippen molar-refractivity contribution in [3.63, 3.8) is 0 Å². The van der Waals surface area contributed by atoms with Gasteiger partial charge in [-0.1, -0.05) is 12.2 Å². The standard InChI is InChI=1S/C17H18N4O2/c18-17-20-15-14(16(23)21-17)12(9-5-2-1-3-6-9)13-10(19-15)7-4-8-11(13)22/h1-2,9H,3-8H2,(H3,18,19,20,21,23)/t9-/m1/s1. The molecular formula is C17H18N4O2. The van der Waals surface area contributed by atoms with Crippen molar-refractivity contribution in [3.8, 4) is 0 Å². The van der Waals surface area contributed by atoms with E-state index in [1.165, 1.54) is 0 Å². The lowest BCUT2D eigenvalue weighted by molar-refractivity contribution is 0.0970. The van der Waals surface area contributed by atoms with Crippen LogP contribution in [0.3, 0.4) is 0 Å². The number of rotatable bonds is 1. The lowest BCUT2D eigenvalue weighted by Gasteiger charge is -2.25. The van der Waals surface area contributed by atoms with Gasteiger partial charge in [0.2, 0.25) is 5.95 Å². The fourth-order valence-corrected chi connectivity index (χ4v) is 3.76. The van der Waals surface area contributed by atoms with Crippen LogP contribution in [0.15, 0.2) is 16.9 Å². The summed E-state index contributed by atoms with van der Waals surface area (Å²) in [6.07, 6.45) is 9.07. The van der Waals surface area contributed by atoms with E-state index in [0.717, 1.165) is 43.4 Å². The van der Waals surface area contributed by atoms with Gasteiger partial charge < -0.3 is 5.73 Å². The van der Waals surface area contributed by atoms with Gasteiger partial charge >= 0.3 is 0 Å². The number of pyridine rings is 1. The number of hydrogen-bond donors (Lipinski definition) is 2. The molecule has 0 radical (unpaired) electrons. The summed E-state index contributed by atoms with van der Waals surface area (Å²) in [6.45, 7) is 0. The molecule has 3 N–H and O–H groups in total. The van der Waals surface area contributed by atoms with Crippen molar-refractivity contribution >= 4 is 22.8 Å². The topological polar surface area (TPSA) is 102 Å². The minimum atomic E-state index is -0.300. The van der Waals surface area contributed by atoms with Gasteiger partial charge in [-0.3, -0.25) is 14.6 Å². The first kappa shape index (κ1) is 14.1. The van der Waals surface area contributed by atoms with E-state index < -0.39 is 0 Å². The Kier molecular flexibility index (Phi) is 3.25. The Hall–Kier alpha value is -2.50. The first-order chi connectivity index (χ1) is 11.1. The molecule has 2 aromatic heterocycles. The average molecular weight is 310 g/mol. The van der Waals surface area contributed by atoms with Crippen LogP contribution in [0.25, 0.3) is 11.0 Å². The number of anilines is 1. The number of aromatic nitrogens is 3. The Labute approximate surface area is 132 Å². The number of aryl methyl sites for hydroxylation is 1. The highest BCUT2D eigenvalue weighted by Gasteiger charge is 2.30. The summed E-state index contributed by atoms with van der Waals surface area (Å²) in [7, 11) is 0. The molecule has 0 aliphatic heterocycles. The number of carbonyl (C=O) groups excluding carboxylic acids is 1. The molecule has 23 heavy (non-hydrogen) atoms. The number of nitrogens with zero attached hydrogens (tertiary/aromatic N) is 2. The van der Waals surface area contributed by atoms with Gasteiger partial charge in [0, 0.05) is 12.0 Å². The molecule has 6 nitrogen and oxygen atoms in total. The first-order valence-electron chi connectivity index (χ1n) is 8.05. The van der Waals surface area contributed by atoms with Crippen LogP contribution in [0.5, 0.6) is 0 Å². The molecule has 0 aromatic carbocycles. The lowest BCUT2D eigenvalue weighted by atomic mass is 9.79. The Morgan fingerprint density at radius 3 is 2.83 bits per heavy atom. The van der Waals surface area contributed by atoms with Gasteiger partial charge in [0.15, 0.2) is 11.4 Å². The maximum Gasteiger partial charge on any atom is 0.262 e. The van der Waals surface area contributed by atoms with Gasteiger partial charge in [-0.25, -0.2) is 4.98 Å². The number of H-pyrrole nitrogens is 1. The fraction of sp³-hybridized carbons (Fsp3) is 0.412. The fourth-order valence-electron chi connectivity index (χ4n) is 3.76. The molecule has 2 heterocycles. The van der Waals surface area contributed by atoms with Crippen molar-refractivity contribution in [2.75, 3.05) is 5.73 Å². The average Bonchev–Trinajstić information content (AvgIpc) is 2.54. The van der Waals surface area contributed by atoms with Crippen LogP contribution in [0.4, 0.5) is 5.95 Å². The molecule has 2 aliphatic rings. The molecule has 0 bridgehead atoms. The molecule has 2 aliphatic carbocycles. The van der Waals surface area contributed by atoms with Gasteiger partial charge in [-0.05, 0) is 43.6 Å². The molecule has 0 fully saturated rings. The van der Waals surface area contributed by atoms with Crippen LogP contribution in [0.2, 0.25) is 0 Å². The molecule has 0 saturated carbocycles. The second-order valence-electron chi connectivity index (χ2n) is 6.26. The number of carbonyl (C=O) groups is 1. The lowest BCUT2D eigenvalue weighted by Crippen LogP contribution is -2.23. The van der Waals surface area contributed by atoms with Crippen LogP contribution in [0.1, 0.15) is 59.6 Å². The third-order valence-electron chi connectivity index (χ3n) is 4.76. The first-order valence-corrected chi connectivity index (χ1v) is 8.05. The number of Topliss-reactive ketones (excluding diaryl/α,β-unsaturated/α-hetero) is 1. The highest BCUT2D eigenvalue weighted by molar-refractivity contribution is 6.03. The monoisotopic (exact) mass is 310 g/mol. The summed E-state index contributed by atoms with van der Waals surface area (Å²) >= 11 is 0. The zero-order chi connectivity index (χ0) is 16.0. The number of allylic oxidation sites excluding steroid dienone is 2. The zero-order valence-corrected chi connectivity index (χ0v) is 12.8. The predicted molar refractivity (Wildman–Crippen MR) is 87.6 cm³/mol. The Morgan fingerprint density at radius 2 is 2.04 bits per heavy atom. The summed E-state index contributed by atoms with van der Waals surface area (Å²) < 4.78 is 0. The number of nitrogens with two attached hydrogens (primary N) is 1. The largest absolute Gasteiger partial charge is 0.369 e. The maximum atomic E-state index is 12.6. The molecule has 2 aromatic rings. The van der Waals surface area contributed by atoms with Crippen LogP contribution in [-0.4, -0.2) is 20.7 Å². The second kappa shape index (κ2) is 5.30. The number of ketones is 1. The SMILES string of the molecule is Nc1nc2nc3c(c([C@@H]4CC=CCC4)c2c(=O)[nH]1)C(=O)CCC3. The third-order valence-corrected chi connectivity index (χ3v) is 4.76. The molecule has 4 rings (SSSR count). The minimum Gasteiger partial charge on any atom is -0.369 e. The summed E-state index contributed by atoms with van der Waals surface area (Å²) in [5.41, 5.74) is 8.02. The van der Waals surface area contributed by atoms with Crippen molar-refractivity contribution in [1.82, 2.24) is 15.0 Å². The highest BCUT2D eigenvalue weighted by Crippen LogP contribution is 2.37. The summed E-state index contributed by atoms with van der Waals surface area (Å²) in [6, 6.07) is 0. The number of hydrogen-bond acceptors (Lipinski definition) is 5. The number of nitrogens with one attached hydrogen (secondary N) is 1. The number of nitrogen functional groups attached to an aromatic ring is 1. The summed E-state index contributed by atoms with van der Waals surface area (Å²) in [4.78, 5) is 36.3. The molecule has 0 unspecified atom stereocenters. The molecular weight excluding hydrogens is 292 g/mol. The van der Waals surface area contributed by atoms with Crippen molar-refractivity contribution < 1.29 is 4.79 Å². The Balaban J connectivity index is 2.10. The minimum absolute atomic E-state index is 0.0616. The summed E-state index contributed by atoms with van der Waals surface area (Å²) in [5, 5.41) is 0.438. The van der Waals surface area contributed by atoms with Crippen LogP contribution >= 0.6 is 0 Å². The van der Waals surface area contributed by atoms with Gasteiger partial charge in [0.1, 0.15) is 0 Å². The number of fused-ring (bicyclic) bond motifs is 2. The van der Waals surface area contributed by atoms with E-state index in [4.69, 9.17) is 5.73 Å². The van der Waals surface area contributed by atoms with Gasteiger partial charge in [-0.2, -0.15) is 4.98 Å². The molecule has 6 heteroatoms. The van der Waals surface area contributed by atoms with E-state index >= 15 is 0 Å². The maximum absolute atomic E-state index is 12.6. The Morgan fingerprint density at radius 1 is 1.17 bits per heavy atom. The quantitative estimate of drug-likeness (QED) is 0.786. The van der Waals surface area contributed by atoms with Crippen LogP contribution in [0, 0.1) is 0 Å². The molecule has 0 amide bonds. The van der Waals surface area contributed by atoms with E-state index in [0.29, 0.717) is 23.0 Å². The Bertz CT molecular complexity index is 898. The third kappa shape index (κ3) is 2.25. The van der Waals surface area contributed by atoms with Gasteiger partial charge in [-0.15, -0.1) is 0 Å².